The van der Waals surface area contributed by atoms with Gasteiger partial charge in [-0.25, -0.2) is 0 Å². The molecule has 0 atom stereocenters. The molecule has 0 bridgehead atoms. The smallest absolute Gasteiger partial charge is 0.261 e. The first kappa shape index (κ1) is 17.9. The molecule has 1 aromatic carbocycles. The Labute approximate surface area is 165 Å². The lowest BCUT2D eigenvalue weighted by atomic mass is 10.2. The molecule has 4 rings (SSSR count). The Kier molecular flexibility index (Phi) is 5.60. The van der Waals surface area contributed by atoms with Gasteiger partial charge >= 0.3 is 0 Å². The molecule has 5 nitrogen and oxygen atoms in total. The van der Waals surface area contributed by atoms with E-state index >= 15 is 0 Å². The molecule has 0 aliphatic heterocycles. The van der Waals surface area contributed by atoms with Gasteiger partial charge in [0.25, 0.3) is 5.91 Å². The minimum absolute atomic E-state index is 0.00805. The fraction of sp³-hybridized carbons (Fsp3) is 0.250. The van der Waals surface area contributed by atoms with Gasteiger partial charge in [0, 0.05) is 17.7 Å². The standard InChI is InChI=1S/C20H19N3O2S2/c24-20(17-13-14-7-3-4-8-15(14)27-17)21-11-5-1-2-10-18-22-19(23-25-18)16-9-6-12-26-16/h3-4,6-9,12-13H,1-2,5,10-11H2,(H,21,24). The summed E-state index contributed by atoms with van der Waals surface area (Å²) < 4.78 is 6.44. The van der Waals surface area contributed by atoms with E-state index in [-0.39, 0.29) is 5.91 Å². The van der Waals surface area contributed by atoms with Crippen LogP contribution in [0.25, 0.3) is 20.8 Å². The van der Waals surface area contributed by atoms with E-state index in [4.69, 9.17) is 4.52 Å². The fourth-order valence-corrected chi connectivity index (χ4v) is 4.45. The summed E-state index contributed by atoms with van der Waals surface area (Å²) in [6.07, 6.45) is 3.67. The van der Waals surface area contributed by atoms with Gasteiger partial charge in [0.15, 0.2) is 0 Å². The highest BCUT2D eigenvalue weighted by Gasteiger charge is 2.10. The fourth-order valence-electron chi connectivity index (χ4n) is 2.82. The Morgan fingerprint density at radius 3 is 2.89 bits per heavy atom. The third-order valence-corrected chi connectivity index (χ3v) is 6.19. The molecule has 1 amide bonds. The molecule has 0 radical (unpaired) electrons. The van der Waals surface area contributed by atoms with E-state index in [0.29, 0.717) is 18.3 Å². The Morgan fingerprint density at radius 2 is 2.04 bits per heavy atom. The van der Waals surface area contributed by atoms with Crippen LogP contribution in [0.1, 0.15) is 34.8 Å². The van der Waals surface area contributed by atoms with E-state index in [1.807, 2.05) is 47.8 Å². The number of fused-ring (bicyclic) bond motifs is 1. The molecule has 27 heavy (non-hydrogen) atoms. The van der Waals surface area contributed by atoms with Crippen molar-refractivity contribution >= 4 is 38.7 Å². The van der Waals surface area contributed by atoms with Crippen molar-refractivity contribution in [1.82, 2.24) is 15.5 Å². The molecule has 4 aromatic rings. The van der Waals surface area contributed by atoms with E-state index in [9.17, 15) is 4.79 Å². The lowest BCUT2D eigenvalue weighted by Gasteiger charge is -2.02. The van der Waals surface area contributed by atoms with E-state index in [1.165, 1.54) is 11.3 Å². The number of aromatic nitrogens is 2. The highest BCUT2D eigenvalue weighted by atomic mass is 32.1. The van der Waals surface area contributed by atoms with E-state index in [0.717, 1.165) is 45.5 Å². The van der Waals surface area contributed by atoms with Gasteiger partial charge in [-0.15, -0.1) is 22.7 Å². The lowest BCUT2D eigenvalue weighted by Crippen LogP contribution is -2.23. The number of amides is 1. The van der Waals surface area contributed by atoms with Crippen LogP contribution >= 0.6 is 22.7 Å². The van der Waals surface area contributed by atoms with Gasteiger partial charge in [-0.1, -0.05) is 35.8 Å². The number of nitrogens with zero attached hydrogens (tertiary/aromatic N) is 2. The average molecular weight is 398 g/mol. The molecule has 3 heterocycles. The third kappa shape index (κ3) is 4.43. The van der Waals surface area contributed by atoms with E-state index in [1.54, 1.807) is 11.3 Å². The topological polar surface area (TPSA) is 68.0 Å². The maximum Gasteiger partial charge on any atom is 0.261 e. The summed E-state index contributed by atoms with van der Waals surface area (Å²) in [6.45, 7) is 0.678. The summed E-state index contributed by atoms with van der Waals surface area (Å²) in [6, 6.07) is 14.0. The highest BCUT2D eigenvalue weighted by molar-refractivity contribution is 7.20. The monoisotopic (exact) mass is 397 g/mol. The van der Waals surface area contributed by atoms with Gasteiger partial charge in [0.1, 0.15) is 0 Å². The molecular weight excluding hydrogens is 378 g/mol. The van der Waals surface area contributed by atoms with E-state index in [2.05, 4.69) is 15.5 Å². The van der Waals surface area contributed by atoms with Crippen LogP contribution in [0.3, 0.4) is 0 Å². The first-order valence-corrected chi connectivity index (χ1v) is 10.6. The van der Waals surface area contributed by atoms with Crippen molar-refractivity contribution in [1.29, 1.82) is 0 Å². The SMILES string of the molecule is O=C(NCCCCCc1nc(-c2cccs2)no1)c1cc2ccccc2s1. The summed E-state index contributed by atoms with van der Waals surface area (Å²) in [7, 11) is 0. The van der Waals surface area contributed by atoms with Crippen molar-refractivity contribution in [3.05, 3.63) is 58.6 Å². The molecule has 138 valence electrons. The predicted octanol–water partition coefficient (Wildman–Crippen LogP) is 5.16. The van der Waals surface area contributed by atoms with Crippen LogP contribution in [0, 0.1) is 0 Å². The molecular formula is C20H19N3O2S2. The molecule has 0 saturated heterocycles. The Balaban J connectivity index is 1.17. The Hall–Kier alpha value is -2.51. The molecule has 0 spiro atoms. The van der Waals surface area contributed by atoms with Gasteiger partial charge in [-0.2, -0.15) is 4.98 Å². The van der Waals surface area contributed by atoms with Crippen molar-refractivity contribution in [3.63, 3.8) is 0 Å². The molecule has 0 aliphatic carbocycles. The van der Waals surface area contributed by atoms with Gasteiger partial charge in [-0.3, -0.25) is 4.79 Å². The second-order valence-corrected chi connectivity index (χ2v) is 8.24. The molecule has 0 fully saturated rings. The largest absolute Gasteiger partial charge is 0.351 e. The first-order valence-electron chi connectivity index (χ1n) is 8.93. The van der Waals surface area contributed by atoms with Gasteiger partial charge in [0.05, 0.1) is 9.75 Å². The number of nitrogens with one attached hydrogen (secondary N) is 1. The van der Waals surface area contributed by atoms with E-state index < -0.39 is 0 Å². The molecule has 0 unspecified atom stereocenters. The zero-order chi connectivity index (χ0) is 18.5. The van der Waals surface area contributed by atoms with Crippen LogP contribution in [-0.4, -0.2) is 22.6 Å². The number of aryl methyl sites for hydroxylation is 1. The van der Waals surface area contributed by atoms with Crippen molar-refractivity contribution in [2.45, 2.75) is 25.7 Å². The van der Waals surface area contributed by atoms with Gasteiger partial charge < -0.3 is 9.84 Å². The number of thiophene rings is 2. The minimum Gasteiger partial charge on any atom is -0.351 e. The molecule has 7 heteroatoms. The Morgan fingerprint density at radius 1 is 1.11 bits per heavy atom. The van der Waals surface area contributed by atoms with Crippen LogP contribution in [0.2, 0.25) is 0 Å². The number of hydrogen-bond donors (Lipinski definition) is 1. The van der Waals surface area contributed by atoms with Gasteiger partial charge in [0.2, 0.25) is 11.7 Å². The van der Waals surface area contributed by atoms with Crippen LogP contribution < -0.4 is 5.32 Å². The summed E-state index contributed by atoms with van der Waals surface area (Å²) >= 11 is 3.14. The number of carbonyl (C=O) groups excluding carboxylic acids is 1. The second kappa shape index (κ2) is 8.45. The Bertz CT molecular complexity index is 988. The quantitative estimate of drug-likeness (QED) is 0.417. The molecule has 3 aromatic heterocycles. The lowest BCUT2D eigenvalue weighted by molar-refractivity contribution is 0.0957. The maximum atomic E-state index is 12.3. The van der Waals surface area contributed by atoms with Gasteiger partial charge in [-0.05, 0) is 41.8 Å². The number of benzene rings is 1. The zero-order valence-electron chi connectivity index (χ0n) is 14.7. The number of rotatable bonds is 8. The number of hydrogen-bond acceptors (Lipinski definition) is 6. The minimum atomic E-state index is 0.00805. The third-order valence-electron chi connectivity index (χ3n) is 4.21. The normalized spacial score (nSPS) is 11.1. The number of unbranched alkanes of at least 4 members (excludes halogenated alkanes) is 2. The average Bonchev–Trinajstić information content (AvgIpc) is 3.44. The summed E-state index contributed by atoms with van der Waals surface area (Å²) in [5, 5.41) is 10.1. The highest BCUT2D eigenvalue weighted by Crippen LogP contribution is 2.25. The van der Waals surface area contributed by atoms with Crippen LogP contribution in [-0.2, 0) is 6.42 Å². The number of carbonyl (C=O) groups is 1. The van der Waals surface area contributed by atoms with Crippen LogP contribution in [0.4, 0.5) is 0 Å². The van der Waals surface area contributed by atoms with Crippen molar-refractivity contribution < 1.29 is 9.32 Å². The maximum absolute atomic E-state index is 12.3. The van der Waals surface area contributed by atoms with Crippen molar-refractivity contribution in [3.8, 4) is 10.7 Å². The molecule has 1 N–H and O–H groups in total. The summed E-state index contributed by atoms with van der Waals surface area (Å²) in [5.74, 6) is 1.34. The molecule has 0 aliphatic rings. The van der Waals surface area contributed by atoms with Crippen molar-refractivity contribution in [2.75, 3.05) is 6.54 Å². The molecule has 0 saturated carbocycles. The van der Waals surface area contributed by atoms with Crippen LogP contribution in [0.15, 0.2) is 52.4 Å². The first-order chi connectivity index (χ1) is 13.3. The predicted molar refractivity (Wildman–Crippen MR) is 109 cm³/mol. The summed E-state index contributed by atoms with van der Waals surface area (Å²) in [4.78, 5) is 18.5. The van der Waals surface area contributed by atoms with Crippen molar-refractivity contribution in [2.24, 2.45) is 0 Å². The zero-order valence-corrected chi connectivity index (χ0v) is 16.3. The summed E-state index contributed by atoms with van der Waals surface area (Å²) in [5.41, 5.74) is 0. The second-order valence-electron chi connectivity index (χ2n) is 6.20. The van der Waals surface area contributed by atoms with Crippen LogP contribution in [0.5, 0.6) is 0 Å².